The fraction of sp³-hybridized carbons (Fsp3) is 0.154. The number of aromatic nitrogens is 1. The summed E-state index contributed by atoms with van der Waals surface area (Å²) >= 11 is 6.24. The van der Waals surface area contributed by atoms with E-state index in [0.29, 0.717) is 27.8 Å². The zero-order chi connectivity index (χ0) is 23.7. The third kappa shape index (κ3) is 4.56. The Labute approximate surface area is 200 Å². The first-order valence-corrected chi connectivity index (χ1v) is 11.2. The molecule has 3 aromatic carbocycles. The molecule has 1 aliphatic rings. The standard InChI is InChI=1S/C26H22ClN3O4/c1-16-6-8-18-12-19(25(31)28-22(18)10-16)14-30(26(32)29-21-5-3-2-4-20(21)27)13-17-7-9-23-24(11-17)34-15-33-23/h2-12H,13-15H2,1H3,(H,28,31)(H,29,32). The van der Waals surface area contributed by atoms with Crippen LogP contribution >= 0.6 is 11.6 Å². The number of aromatic amines is 1. The number of carbonyl (C=O) groups is 1. The van der Waals surface area contributed by atoms with Gasteiger partial charge in [0, 0.05) is 17.6 Å². The summed E-state index contributed by atoms with van der Waals surface area (Å²) in [5.41, 5.74) is 3.39. The number of rotatable bonds is 5. The Kier molecular flexibility index (Phi) is 5.86. The zero-order valence-electron chi connectivity index (χ0n) is 18.4. The van der Waals surface area contributed by atoms with E-state index in [0.717, 1.165) is 22.0 Å². The summed E-state index contributed by atoms with van der Waals surface area (Å²) in [4.78, 5) is 30.7. The van der Waals surface area contributed by atoms with Crippen molar-refractivity contribution in [1.82, 2.24) is 9.88 Å². The monoisotopic (exact) mass is 475 g/mol. The highest BCUT2D eigenvalue weighted by atomic mass is 35.5. The predicted molar refractivity (Wildman–Crippen MR) is 132 cm³/mol. The van der Waals surface area contributed by atoms with Gasteiger partial charge in [-0.05, 0) is 59.8 Å². The van der Waals surface area contributed by atoms with Crippen molar-refractivity contribution in [2.75, 3.05) is 12.1 Å². The summed E-state index contributed by atoms with van der Waals surface area (Å²) in [5, 5.41) is 4.18. The maximum atomic E-state index is 13.3. The highest BCUT2D eigenvalue weighted by Gasteiger charge is 2.20. The van der Waals surface area contributed by atoms with Crippen molar-refractivity contribution in [3.8, 4) is 11.5 Å². The van der Waals surface area contributed by atoms with Crippen molar-refractivity contribution < 1.29 is 14.3 Å². The van der Waals surface area contributed by atoms with Gasteiger partial charge >= 0.3 is 6.03 Å². The number of nitrogens with zero attached hydrogens (tertiary/aromatic N) is 1. The molecular weight excluding hydrogens is 454 g/mol. The summed E-state index contributed by atoms with van der Waals surface area (Å²) in [6, 6.07) is 19.8. The van der Waals surface area contributed by atoms with E-state index in [-0.39, 0.29) is 31.5 Å². The number of aryl methyl sites for hydroxylation is 1. The van der Waals surface area contributed by atoms with Crippen molar-refractivity contribution in [2.45, 2.75) is 20.0 Å². The van der Waals surface area contributed by atoms with Crippen LogP contribution in [-0.4, -0.2) is 22.7 Å². The Balaban J connectivity index is 1.47. The smallest absolute Gasteiger partial charge is 0.322 e. The number of fused-ring (bicyclic) bond motifs is 2. The van der Waals surface area contributed by atoms with Crippen LogP contribution in [0, 0.1) is 6.92 Å². The van der Waals surface area contributed by atoms with Crippen molar-refractivity contribution in [3.05, 3.63) is 98.8 Å². The Morgan fingerprint density at radius 1 is 1.03 bits per heavy atom. The average Bonchev–Trinajstić information content (AvgIpc) is 3.28. The van der Waals surface area contributed by atoms with E-state index in [1.807, 2.05) is 49.4 Å². The van der Waals surface area contributed by atoms with Gasteiger partial charge in [-0.3, -0.25) is 4.79 Å². The van der Waals surface area contributed by atoms with Crippen molar-refractivity contribution in [2.24, 2.45) is 0 Å². The molecule has 0 bridgehead atoms. The third-order valence-corrected chi connectivity index (χ3v) is 5.98. The van der Waals surface area contributed by atoms with Crippen molar-refractivity contribution >= 4 is 34.2 Å². The topological polar surface area (TPSA) is 83.7 Å². The molecule has 0 fully saturated rings. The molecule has 7 nitrogen and oxygen atoms in total. The number of benzene rings is 3. The maximum Gasteiger partial charge on any atom is 0.322 e. The summed E-state index contributed by atoms with van der Waals surface area (Å²) in [6.07, 6.45) is 0. The molecule has 0 aliphatic carbocycles. The molecule has 0 saturated heterocycles. The molecule has 34 heavy (non-hydrogen) atoms. The van der Waals surface area contributed by atoms with Crippen LogP contribution < -0.4 is 20.3 Å². The van der Waals surface area contributed by atoms with Crippen molar-refractivity contribution in [3.63, 3.8) is 0 Å². The number of anilines is 1. The number of halogens is 1. The second-order valence-electron chi connectivity index (χ2n) is 8.17. The van der Waals surface area contributed by atoms with Gasteiger partial charge in [-0.2, -0.15) is 0 Å². The second kappa shape index (κ2) is 9.11. The second-order valence-corrected chi connectivity index (χ2v) is 8.58. The molecule has 2 amide bonds. The lowest BCUT2D eigenvalue weighted by atomic mass is 10.1. The van der Waals surface area contributed by atoms with E-state index in [2.05, 4.69) is 10.3 Å². The van der Waals surface area contributed by atoms with Crippen LogP contribution in [0.1, 0.15) is 16.7 Å². The van der Waals surface area contributed by atoms with Crippen LogP contribution in [0.4, 0.5) is 10.5 Å². The molecule has 0 atom stereocenters. The van der Waals surface area contributed by atoms with Gasteiger partial charge in [0.2, 0.25) is 6.79 Å². The van der Waals surface area contributed by atoms with Gasteiger partial charge in [0.15, 0.2) is 11.5 Å². The molecule has 172 valence electrons. The number of nitrogens with one attached hydrogen (secondary N) is 2. The number of hydrogen-bond acceptors (Lipinski definition) is 4. The molecule has 0 saturated carbocycles. The number of hydrogen-bond donors (Lipinski definition) is 2. The molecular formula is C26H22ClN3O4. The molecule has 1 aliphatic heterocycles. The average molecular weight is 476 g/mol. The number of amides is 2. The number of urea groups is 1. The largest absolute Gasteiger partial charge is 0.454 e. The maximum absolute atomic E-state index is 13.3. The lowest BCUT2D eigenvalue weighted by Gasteiger charge is -2.24. The molecule has 4 aromatic rings. The Morgan fingerprint density at radius 3 is 2.71 bits per heavy atom. The molecule has 0 spiro atoms. The first-order valence-electron chi connectivity index (χ1n) is 10.8. The first-order chi connectivity index (χ1) is 16.5. The minimum atomic E-state index is -0.380. The third-order valence-electron chi connectivity index (χ3n) is 5.65. The van der Waals surface area contributed by atoms with Gasteiger partial charge in [0.05, 0.1) is 17.3 Å². The normalized spacial score (nSPS) is 12.1. The lowest BCUT2D eigenvalue weighted by molar-refractivity contribution is 0.174. The molecule has 8 heteroatoms. The number of H-pyrrole nitrogens is 1. The van der Waals surface area contributed by atoms with Crippen LogP contribution in [0.2, 0.25) is 5.02 Å². The first kappa shape index (κ1) is 21.9. The predicted octanol–water partition coefficient (Wildman–Crippen LogP) is 5.45. The molecule has 2 heterocycles. The van der Waals surface area contributed by atoms with Gasteiger partial charge in [-0.15, -0.1) is 0 Å². The minimum Gasteiger partial charge on any atom is -0.454 e. The van der Waals surface area contributed by atoms with E-state index >= 15 is 0 Å². The van der Waals surface area contributed by atoms with Gasteiger partial charge in [-0.25, -0.2) is 4.79 Å². The van der Waals surface area contributed by atoms with Crippen LogP contribution in [0.25, 0.3) is 10.9 Å². The highest BCUT2D eigenvalue weighted by Crippen LogP contribution is 2.33. The van der Waals surface area contributed by atoms with Crippen LogP contribution in [0.3, 0.4) is 0 Å². The summed E-state index contributed by atoms with van der Waals surface area (Å²) in [5.74, 6) is 1.29. The van der Waals surface area contributed by atoms with E-state index in [1.54, 1.807) is 29.2 Å². The van der Waals surface area contributed by atoms with Gasteiger partial charge < -0.3 is 24.7 Å². The zero-order valence-corrected chi connectivity index (χ0v) is 19.2. The highest BCUT2D eigenvalue weighted by molar-refractivity contribution is 6.33. The van der Waals surface area contributed by atoms with Crippen molar-refractivity contribution in [1.29, 1.82) is 0 Å². The lowest BCUT2D eigenvalue weighted by Crippen LogP contribution is -2.35. The van der Waals surface area contributed by atoms with Crippen LogP contribution in [-0.2, 0) is 13.1 Å². The number of pyridine rings is 1. The fourth-order valence-electron chi connectivity index (χ4n) is 3.90. The molecule has 0 unspecified atom stereocenters. The van der Waals surface area contributed by atoms with Gasteiger partial charge in [-0.1, -0.05) is 41.9 Å². The Hall–Kier alpha value is -3.97. The SMILES string of the molecule is Cc1ccc2cc(CN(Cc3ccc4c(c3)OCO4)C(=O)Nc3ccccc3Cl)c(=O)[nH]c2c1. The fourth-order valence-corrected chi connectivity index (χ4v) is 4.08. The number of ether oxygens (including phenoxy) is 2. The Morgan fingerprint density at radius 2 is 1.85 bits per heavy atom. The number of carbonyl (C=O) groups excluding carboxylic acids is 1. The van der Waals surface area contributed by atoms with Crippen LogP contribution in [0.5, 0.6) is 11.5 Å². The quantitative estimate of drug-likeness (QED) is 0.402. The van der Waals surface area contributed by atoms with Gasteiger partial charge in [0.25, 0.3) is 5.56 Å². The minimum absolute atomic E-state index is 0.101. The number of para-hydroxylation sites is 1. The van der Waals surface area contributed by atoms with Gasteiger partial charge in [0.1, 0.15) is 0 Å². The van der Waals surface area contributed by atoms with E-state index in [4.69, 9.17) is 21.1 Å². The molecule has 0 radical (unpaired) electrons. The molecule has 1 aromatic heterocycles. The summed E-state index contributed by atoms with van der Waals surface area (Å²) < 4.78 is 10.9. The van der Waals surface area contributed by atoms with E-state index in [1.165, 1.54) is 0 Å². The summed E-state index contributed by atoms with van der Waals surface area (Å²) in [7, 11) is 0. The molecule has 2 N–H and O–H groups in total. The Bertz CT molecular complexity index is 1450. The van der Waals surface area contributed by atoms with Crippen LogP contribution in [0.15, 0.2) is 71.5 Å². The molecule has 5 rings (SSSR count). The summed E-state index contributed by atoms with van der Waals surface area (Å²) in [6.45, 7) is 2.49. The van der Waals surface area contributed by atoms with E-state index in [9.17, 15) is 9.59 Å². The van der Waals surface area contributed by atoms with E-state index < -0.39 is 0 Å².